The molecule has 176 valence electrons. The van der Waals surface area contributed by atoms with Crippen molar-refractivity contribution in [1.29, 1.82) is 0 Å². The van der Waals surface area contributed by atoms with E-state index in [1.54, 1.807) is 25.1 Å². The molecule has 0 fully saturated rings. The van der Waals surface area contributed by atoms with Crippen LogP contribution in [0.1, 0.15) is 53.2 Å². The number of hydrogen-bond donors (Lipinski definition) is 2. The van der Waals surface area contributed by atoms with Gasteiger partial charge < -0.3 is 4.74 Å². The number of aryl methyl sites for hydroxylation is 1. The molecule has 2 aromatic carbocycles. The largest absolute Gasteiger partial charge is 0.494 e. The molecule has 0 aromatic heterocycles. The first-order valence-corrected chi connectivity index (χ1v) is 10.5. The van der Waals surface area contributed by atoms with Crippen molar-refractivity contribution in [1.82, 2.24) is 4.72 Å². The van der Waals surface area contributed by atoms with E-state index in [2.05, 4.69) is 17.5 Å². The van der Waals surface area contributed by atoms with Crippen LogP contribution in [0, 0.1) is 6.92 Å². The van der Waals surface area contributed by atoms with Gasteiger partial charge in [-0.3, -0.25) is 9.52 Å². The van der Waals surface area contributed by atoms with Crippen LogP contribution in [0.25, 0.3) is 0 Å². The van der Waals surface area contributed by atoms with Gasteiger partial charge in [0.25, 0.3) is 0 Å². The molecular formula is C23H26F5NO2S. The lowest BCUT2D eigenvalue weighted by Crippen LogP contribution is -2.37. The molecule has 0 amide bonds. The number of nitrogens with one attached hydrogen (secondary N) is 1. The zero-order chi connectivity index (χ0) is 23.9. The van der Waals surface area contributed by atoms with Gasteiger partial charge in [0.2, 0.25) is 6.43 Å². The highest BCUT2D eigenvalue weighted by Crippen LogP contribution is 2.33. The van der Waals surface area contributed by atoms with Crippen molar-refractivity contribution in [2.24, 2.45) is 0 Å². The summed E-state index contributed by atoms with van der Waals surface area (Å²) in [5, 5.41) is 0. The number of hydrogen-bond acceptors (Lipinski definition) is 4. The van der Waals surface area contributed by atoms with Gasteiger partial charge in [-0.2, -0.15) is 13.2 Å². The number of alkyl halides is 5. The van der Waals surface area contributed by atoms with Gasteiger partial charge in [-0.15, -0.1) is 0 Å². The SMILES string of the molecule is Cc1ccc(C(=O)C[C@@](C)(NS)c2ccc(OCCCC(F)(F)F)cc2CC(F)F)cc1. The lowest BCUT2D eigenvalue weighted by atomic mass is 9.82. The van der Waals surface area contributed by atoms with Crippen molar-refractivity contribution in [3.63, 3.8) is 0 Å². The van der Waals surface area contributed by atoms with Crippen LogP contribution in [0.15, 0.2) is 42.5 Å². The van der Waals surface area contributed by atoms with Gasteiger partial charge in [0.15, 0.2) is 5.78 Å². The van der Waals surface area contributed by atoms with Gasteiger partial charge in [0.05, 0.1) is 12.1 Å². The van der Waals surface area contributed by atoms with E-state index >= 15 is 0 Å². The van der Waals surface area contributed by atoms with E-state index in [1.165, 1.54) is 12.1 Å². The molecule has 0 heterocycles. The van der Waals surface area contributed by atoms with Crippen LogP contribution in [0.2, 0.25) is 0 Å². The van der Waals surface area contributed by atoms with Crippen LogP contribution < -0.4 is 9.46 Å². The normalized spacial score (nSPS) is 13.8. The number of carbonyl (C=O) groups is 1. The fourth-order valence-corrected chi connectivity index (χ4v) is 3.55. The van der Waals surface area contributed by atoms with Crippen molar-refractivity contribution in [3.05, 3.63) is 64.7 Å². The summed E-state index contributed by atoms with van der Waals surface area (Å²) >= 11 is 4.15. The molecule has 0 unspecified atom stereocenters. The van der Waals surface area contributed by atoms with Crippen LogP contribution in [0.5, 0.6) is 5.75 Å². The monoisotopic (exact) mass is 475 g/mol. The molecular weight excluding hydrogens is 449 g/mol. The highest BCUT2D eigenvalue weighted by atomic mass is 32.1. The molecule has 9 heteroatoms. The van der Waals surface area contributed by atoms with Gasteiger partial charge in [0.1, 0.15) is 5.75 Å². The van der Waals surface area contributed by atoms with Crippen LogP contribution in [-0.4, -0.2) is 25.0 Å². The minimum atomic E-state index is -4.28. The molecule has 3 nitrogen and oxygen atoms in total. The average molecular weight is 476 g/mol. The number of Topliss-reactive ketones (excluding diaryl/α,β-unsaturated/α-hetero) is 1. The maximum Gasteiger partial charge on any atom is 0.389 e. The molecule has 0 saturated heterocycles. The van der Waals surface area contributed by atoms with E-state index in [0.29, 0.717) is 11.1 Å². The second kappa shape index (κ2) is 11.1. The molecule has 0 aliphatic heterocycles. The summed E-state index contributed by atoms with van der Waals surface area (Å²) in [5.74, 6) is 0.00229. The van der Waals surface area contributed by atoms with Gasteiger partial charge in [-0.25, -0.2) is 8.78 Å². The Labute approximate surface area is 189 Å². The van der Waals surface area contributed by atoms with E-state index in [4.69, 9.17) is 4.74 Å². The maximum absolute atomic E-state index is 13.3. The predicted molar refractivity (Wildman–Crippen MR) is 117 cm³/mol. The third kappa shape index (κ3) is 7.78. The predicted octanol–water partition coefficient (Wildman–Crippen LogP) is 6.45. The molecule has 0 radical (unpaired) electrons. The van der Waals surface area contributed by atoms with E-state index in [1.807, 2.05) is 19.1 Å². The first-order chi connectivity index (χ1) is 14.9. The summed E-state index contributed by atoms with van der Waals surface area (Å²) in [7, 11) is 0. The first kappa shape index (κ1) is 26.1. The minimum absolute atomic E-state index is 0.0401. The lowest BCUT2D eigenvalue weighted by Gasteiger charge is -2.31. The Morgan fingerprint density at radius 1 is 1.12 bits per heavy atom. The Kier molecular flexibility index (Phi) is 9.09. The molecule has 1 N–H and O–H groups in total. The zero-order valence-corrected chi connectivity index (χ0v) is 18.7. The topological polar surface area (TPSA) is 38.3 Å². The maximum atomic E-state index is 13.3. The summed E-state index contributed by atoms with van der Waals surface area (Å²) in [4.78, 5) is 12.8. The van der Waals surface area contributed by atoms with Crippen molar-refractivity contribution in [2.45, 2.75) is 57.7 Å². The van der Waals surface area contributed by atoms with Gasteiger partial charge in [-0.1, -0.05) is 48.7 Å². The van der Waals surface area contributed by atoms with Crippen molar-refractivity contribution in [2.75, 3.05) is 6.61 Å². The quantitative estimate of drug-likeness (QED) is 0.170. The molecule has 0 aliphatic carbocycles. The van der Waals surface area contributed by atoms with E-state index < -0.39 is 31.0 Å². The number of rotatable bonds is 11. The molecule has 1 atom stereocenters. The van der Waals surface area contributed by atoms with Crippen LogP contribution in [0.4, 0.5) is 22.0 Å². The van der Waals surface area contributed by atoms with Gasteiger partial charge >= 0.3 is 6.18 Å². The summed E-state index contributed by atoms with van der Waals surface area (Å²) in [6.45, 7) is 3.39. The van der Waals surface area contributed by atoms with Crippen LogP contribution >= 0.6 is 12.8 Å². The number of ether oxygens (including phenoxy) is 1. The zero-order valence-electron chi connectivity index (χ0n) is 17.8. The number of carbonyl (C=O) groups excluding carboxylic acids is 1. The summed E-state index contributed by atoms with van der Waals surface area (Å²) < 4.78 is 71.5. The first-order valence-electron chi connectivity index (χ1n) is 10.1. The van der Waals surface area contributed by atoms with Crippen LogP contribution in [0.3, 0.4) is 0 Å². The Bertz CT molecular complexity index is 902. The Morgan fingerprint density at radius 2 is 1.78 bits per heavy atom. The Balaban J connectivity index is 2.24. The fraction of sp³-hybridized carbons (Fsp3) is 0.435. The summed E-state index contributed by atoms with van der Waals surface area (Å²) in [6.07, 6.45) is -8.81. The molecule has 0 saturated carbocycles. The van der Waals surface area contributed by atoms with Crippen molar-refractivity contribution >= 4 is 18.6 Å². The second-order valence-electron chi connectivity index (χ2n) is 7.89. The van der Waals surface area contributed by atoms with Gasteiger partial charge in [0, 0.05) is 24.8 Å². The molecule has 0 aliphatic rings. The molecule has 32 heavy (non-hydrogen) atoms. The van der Waals surface area contributed by atoms with E-state index in [9.17, 15) is 26.7 Å². The van der Waals surface area contributed by atoms with Crippen molar-refractivity contribution < 1.29 is 31.5 Å². The summed E-state index contributed by atoms with van der Waals surface area (Å²) in [5.41, 5.74) is 1.10. The number of ketones is 1. The van der Waals surface area contributed by atoms with E-state index in [-0.39, 0.29) is 36.5 Å². The Hall–Kier alpha value is -2.13. The molecule has 0 bridgehead atoms. The minimum Gasteiger partial charge on any atom is -0.494 e. The third-order valence-corrected chi connectivity index (χ3v) is 5.55. The number of benzene rings is 2. The fourth-order valence-electron chi connectivity index (χ4n) is 3.35. The third-order valence-electron chi connectivity index (χ3n) is 5.05. The number of halogens is 5. The number of thiol groups is 1. The summed E-state index contributed by atoms with van der Waals surface area (Å²) in [6, 6.07) is 11.5. The van der Waals surface area contributed by atoms with Crippen molar-refractivity contribution in [3.8, 4) is 5.75 Å². The highest BCUT2D eigenvalue weighted by molar-refractivity contribution is 7.78. The van der Waals surface area contributed by atoms with E-state index in [0.717, 1.165) is 5.56 Å². The van der Waals surface area contributed by atoms with Crippen LogP contribution in [-0.2, 0) is 12.0 Å². The standard InChI is InChI=1S/C23H26F5NO2S/c1-15-4-6-16(7-5-15)20(30)14-22(2,29-32)19-9-8-18(12-17(19)13-21(24)25)31-11-3-10-23(26,27)28/h4-9,12,21,29,32H,3,10-11,13-14H2,1-2H3/t22-/m1/s1. The second-order valence-corrected chi connectivity index (χ2v) is 8.11. The molecule has 0 spiro atoms. The Morgan fingerprint density at radius 3 is 2.34 bits per heavy atom. The van der Waals surface area contributed by atoms with Gasteiger partial charge in [-0.05, 0) is 43.5 Å². The molecule has 2 aromatic rings. The average Bonchev–Trinajstić information content (AvgIpc) is 2.70. The smallest absolute Gasteiger partial charge is 0.389 e. The molecule has 2 rings (SSSR count). The lowest BCUT2D eigenvalue weighted by molar-refractivity contribution is -0.136. The highest BCUT2D eigenvalue weighted by Gasteiger charge is 2.32.